The number of sulfonamides is 1. The zero-order valence-electron chi connectivity index (χ0n) is 16.0. The van der Waals surface area contributed by atoms with Crippen molar-refractivity contribution < 1.29 is 16.8 Å². The molecule has 0 spiro atoms. The molecule has 1 aromatic heterocycles. The van der Waals surface area contributed by atoms with Crippen LogP contribution in [0.4, 0.5) is 23.0 Å². The van der Waals surface area contributed by atoms with Gasteiger partial charge in [0.1, 0.15) is 18.0 Å². The number of sulfone groups is 1. The molecule has 156 valence electrons. The summed E-state index contributed by atoms with van der Waals surface area (Å²) in [4.78, 5) is 8.78. The molecule has 1 aliphatic rings. The number of benzene rings is 2. The first-order valence-corrected chi connectivity index (χ1v) is 12.2. The van der Waals surface area contributed by atoms with Crippen LogP contribution in [0.5, 0.6) is 0 Å². The fraction of sp³-hybridized carbons (Fsp3) is 0.158. The Balaban J connectivity index is 1.55. The quantitative estimate of drug-likeness (QED) is 0.528. The van der Waals surface area contributed by atoms with Gasteiger partial charge in [-0.05, 0) is 35.9 Å². The van der Waals surface area contributed by atoms with Crippen molar-refractivity contribution in [3.05, 3.63) is 60.4 Å². The van der Waals surface area contributed by atoms with Crippen molar-refractivity contribution in [1.82, 2.24) is 14.7 Å². The fourth-order valence-corrected chi connectivity index (χ4v) is 5.20. The van der Waals surface area contributed by atoms with Crippen LogP contribution in [0, 0.1) is 0 Å². The maximum atomic E-state index is 12.1. The Bertz CT molecular complexity index is 1320. The van der Waals surface area contributed by atoms with Crippen LogP contribution in [0.25, 0.3) is 0 Å². The number of rotatable bonds is 6. The summed E-state index contributed by atoms with van der Waals surface area (Å²) in [5.74, 6) is 0.923. The number of anilines is 4. The van der Waals surface area contributed by atoms with Crippen LogP contribution in [0.3, 0.4) is 0 Å². The first-order chi connectivity index (χ1) is 14.3. The topological polar surface area (TPSA) is 130 Å². The molecule has 3 aromatic rings. The largest absolute Gasteiger partial charge is 0.340 e. The third-order valence-corrected chi connectivity index (χ3v) is 7.81. The summed E-state index contributed by atoms with van der Waals surface area (Å²) in [7, 11) is -6.79. The number of nitrogens with zero attached hydrogens (tertiary/aromatic N) is 2. The molecule has 9 nitrogen and oxygen atoms in total. The lowest BCUT2D eigenvalue weighted by Gasteiger charge is -2.10. The first kappa shape index (κ1) is 20.3. The highest BCUT2D eigenvalue weighted by molar-refractivity contribution is 7.91. The van der Waals surface area contributed by atoms with Gasteiger partial charge in [-0.1, -0.05) is 19.1 Å². The van der Waals surface area contributed by atoms with Gasteiger partial charge in [0.2, 0.25) is 10.0 Å². The fourth-order valence-electron chi connectivity index (χ4n) is 3.00. The molecule has 2 heterocycles. The van der Waals surface area contributed by atoms with Gasteiger partial charge in [0.05, 0.1) is 15.5 Å². The van der Waals surface area contributed by atoms with E-state index in [1.54, 1.807) is 55.5 Å². The monoisotopic (exact) mass is 445 g/mol. The van der Waals surface area contributed by atoms with Gasteiger partial charge >= 0.3 is 0 Å². The summed E-state index contributed by atoms with van der Waals surface area (Å²) in [6, 6.07) is 13.2. The van der Waals surface area contributed by atoms with E-state index < -0.39 is 19.9 Å². The van der Waals surface area contributed by atoms with E-state index in [1.807, 2.05) is 0 Å². The first-order valence-electron chi connectivity index (χ1n) is 9.08. The standard InChI is InChI=1S/C19H19N5O4S2/c1-2-29(25,26)16-5-3-4-14(8-16)23-18-10-19(21-12-20-18)24-15-7-6-13-11-22-30(27,28)17(13)9-15/h3-10,12,22H,2,11H2,1H3,(H2,20,21,23,24). The minimum atomic E-state index is -3.47. The number of hydrogen-bond donors (Lipinski definition) is 3. The van der Waals surface area contributed by atoms with Gasteiger partial charge in [0.15, 0.2) is 9.84 Å². The summed E-state index contributed by atoms with van der Waals surface area (Å²) in [5.41, 5.74) is 1.86. The van der Waals surface area contributed by atoms with E-state index in [0.717, 1.165) is 0 Å². The number of nitrogens with one attached hydrogen (secondary N) is 3. The predicted octanol–water partition coefficient (Wildman–Crippen LogP) is 2.55. The summed E-state index contributed by atoms with van der Waals surface area (Å²) < 4.78 is 50.7. The molecule has 4 rings (SSSR count). The maximum Gasteiger partial charge on any atom is 0.241 e. The molecule has 30 heavy (non-hydrogen) atoms. The Morgan fingerprint density at radius 1 is 1.00 bits per heavy atom. The van der Waals surface area contributed by atoms with Crippen LogP contribution < -0.4 is 15.4 Å². The van der Waals surface area contributed by atoms with E-state index in [0.29, 0.717) is 28.6 Å². The van der Waals surface area contributed by atoms with E-state index in [4.69, 9.17) is 0 Å². The Labute approximate surface area is 174 Å². The molecule has 0 atom stereocenters. The van der Waals surface area contributed by atoms with Crippen LogP contribution >= 0.6 is 0 Å². The Hall–Kier alpha value is -3.02. The van der Waals surface area contributed by atoms with Gasteiger partial charge in [-0.15, -0.1) is 0 Å². The van der Waals surface area contributed by atoms with Gasteiger partial charge in [0.25, 0.3) is 0 Å². The molecule has 0 aliphatic carbocycles. The van der Waals surface area contributed by atoms with Crippen molar-refractivity contribution >= 4 is 42.9 Å². The van der Waals surface area contributed by atoms with Crippen LogP contribution in [-0.4, -0.2) is 32.6 Å². The van der Waals surface area contributed by atoms with Crippen molar-refractivity contribution in [3.63, 3.8) is 0 Å². The van der Waals surface area contributed by atoms with E-state index in [9.17, 15) is 16.8 Å². The normalized spacial score (nSPS) is 14.8. The van der Waals surface area contributed by atoms with Crippen LogP contribution in [0.15, 0.2) is 64.6 Å². The van der Waals surface area contributed by atoms with Crippen molar-refractivity contribution in [2.45, 2.75) is 23.3 Å². The van der Waals surface area contributed by atoms with Crippen molar-refractivity contribution in [1.29, 1.82) is 0 Å². The average molecular weight is 446 g/mol. The van der Waals surface area contributed by atoms with Crippen molar-refractivity contribution in [3.8, 4) is 0 Å². The summed E-state index contributed by atoms with van der Waals surface area (Å²) in [5, 5.41) is 6.12. The molecule has 0 saturated carbocycles. The highest BCUT2D eigenvalue weighted by atomic mass is 32.2. The average Bonchev–Trinajstić information content (AvgIpc) is 3.03. The van der Waals surface area contributed by atoms with E-state index in [2.05, 4.69) is 25.3 Å². The Morgan fingerprint density at radius 2 is 1.70 bits per heavy atom. The lowest BCUT2D eigenvalue weighted by Crippen LogP contribution is -2.13. The Morgan fingerprint density at radius 3 is 2.40 bits per heavy atom. The third kappa shape index (κ3) is 4.13. The SMILES string of the molecule is CCS(=O)(=O)c1cccc(Nc2cc(Nc3ccc4c(c3)S(=O)(=O)NC4)ncn2)c1. The molecule has 1 aliphatic heterocycles. The molecule has 0 amide bonds. The molecule has 0 radical (unpaired) electrons. The van der Waals surface area contributed by atoms with Gasteiger partial charge in [0, 0.05) is 24.0 Å². The minimum Gasteiger partial charge on any atom is -0.340 e. The summed E-state index contributed by atoms with van der Waals surface area (Å²) >= 11 is 0. The third-order valence-electron chi connectivity index (χ3n) is 4.59. The van der Waals surface area contributed by atoms with Gasteiger partial charge < -0.3 is 10.6 Å². The summed E-state index contributed by atoms with van der Waals surface area (Å²) in [6.07, 6.45) is 1.35. The number of hydrogen-bond acceptors (Lipinski definition) is 8. The van der Waals surface area contributed by atoms with E-state index in [-0.39, 0.29) is 22.1 Å². The zero-order valence-corrected chi connectivity index (χ0v) is 17.6. The highest BCUT2D eigenvalue weighted by Gasteiger charge is 2.25. The molecule has 0 fully saturated rings. The second-order valence-corrected chi connectivity index (χ2v) is 10.6. The van der Waals surface area contributed by atoms with Gasteiger partial charge in [-0.25, -0.2) is 31.5 Å². The molecule has 0 saturated heterocycles. The lowest BCUT2D eigenvalue weighted by molar-refractivity contribution is 0.589. The zero-order chi connectivity index (χ0) is 21.4. The van der Waals surface area contributed by atoms with E-state index in [1.165, 1.54) is 6.33 Å². The Kier molecular flexibility index (Phi) is 5.18. The molecular formula is C19H19N5O4S2. The molecule has 11 heteroatoms. The van der Waals surface area contributed by atoms with Crippen molar-refractivity contribution in [2.24, 2.45) is 0 Å². The molecule has 2 aromatic carbocycles. The van der Waals surface area contributed by atoms with Crippen molar-refractivity contribution in [2.75, 3.05) is 16.4 Å². The smallest absolute Gasteiger partial charge is 0.241 e. The number of aromatic nitrogens is 2. The van der Waals surface area contributed by atoms with Crippen LogP contribution in [-0.2, 0) is 26.4 Å². The second kappa shape index (κ2) is 7.67. The number of fused-ring (bicyclic) bond motifs is 1. The lowest BCUT2D eigenvalue weighted by atomic mass is 10.2. The molecule has 3 N–H and O–H groups in total. The molecular weight excluding hydrogens is 426 g/mol. The minimum absolute atomic E-state index is 0.0179. The molecule has 0 bridgehead atoms. The van der Waals surface area contributed by atoms with E-state index >= 15 is 0 Å². The maximum absolute atomic E-state index is 12.1. The highest BCUT2D eigenvalue weighted by Crippen LogP contribution is 2.27. The van der Waals surface area contributed by atoms with Crippen LogP contribution in [0.1, 0.15) is 12.5 Å². The van der Waals surface area contributed by atoms with Gasteiger partial charge in [-0.3, -0.25) is 0 Å². The molecule has 0 unspecified atom stereocenters. The predicted molar refractivity (Wildman–Crippen MR) is 113 cm³/mol. The summed E-state index contributed by atoms with van der Waals surface area (Å²) in [6.45, 7) is 1.88. The van der Waals surface area contributed by atoms with Crippen LogP contribution in [0.2, 0.25) is 0 Å². The second-order valence-electron chi connectivity index (χ2n) is 6.62. The van der Waals surface area contributed by atoms with Gasteiger partial charge in [-0.2, -0.15) is 0 Å².